The van der Waals surface area contributed by atoms with Crippen molar-refractivity contribution in [2.75, 3.05) is 20.7 Å². The third-order valence-electron chi connectivity index (χ3n) is 4.35. The zero-order valence-electron chi connectivity index (χ0n) is 12.2. The molecule has 1 aromatic rings. The summed E-state index contributed by atoms with van der Waals surface area (Å²) in [7, 11) is 4.14. The Morgan fingerprint density at radius 1 is 1.32 bits per heavy atom. The Kier molecular flexibility index (Phi) is 4.48. The number of hydrogen-bond donors (Lipinski definition) is 1. The first-order valence-electron chi connectivity index (χ1n) is 7.18. The van der Waals surface area contributed by atoms with Crippen LogP contribution in [0.4, 0.5) is 0 Å². The molecule has 1 fully saturated rings. The highest BCUT2D eigenvalue weighted by Gasteiger charge is 2.43. The third kappa shape index (κ3) is 2.77. The number of nitrogens with zero attached hydrogens (tertiary/aromatic N) is 1. The lowest BCUT2D eigenvalue weighted by atomic mass is 9.84. The van der Waals surface area contributed by atoms with E-state index in [1.807, 2.05) is 31.2 Å². The molecular weight excluding hydrogens is 238 g/mol. The molecule has 19 heavy (non-hydrogen) atoms. The molecule has 0 radical (unpaired) electrons. The monoisotopic (exact) mass is 263 g/mol. The Hall–Kier alpha value is -1.06. The van der Waals surface area contributed by atoms with E-state index in [0.717, 1.165) is 24.2 Å². The van der Waals surface area contributed by atoms with E-state index in [2.05, 4.69) is 19.0 Å². The molecule has 0 saturated heterocycles. The highest BCUT2D eigenvalue weighted by atomic mass is 16.5. The first kappa shape index (κ1) is 14.4. The summed E-state index contributed by atoms with van der Waals surface area (Å²) in [6, 6.07) is 7.87. The van der Waals surface area contributed by atoms with Crippen molar-refractivity contribution < 1.29 is 9.84 Å². The molecule has 1 aromatic carbocycles. The lowest BCUT2D eigenvalue weighted by Gasteiger charge is -2.40. The molecule has 1 aliphatic rings. The maximum Gasteiger partial charge on any atom is 0.119 e. The number of aliphatic hydroxyl groups is 1. The number of aliphatic hydroxyl groups excluding tert-OH is 1. The second-order valence-corrected chi connectivity index (χ2v) is 5.61. The van der Waals surface area contributed by atoms with Crippen molar-refractivity contribution in [1.82, 2.24) is 4.90 Å². The van der Waals surface area contributed by atoms with Gasteiger partial charge in [0.2, 0.25) is 0 Å². The van der Waals surface area contributed by atoms with Crippen LogP contribution >= 0.6 is 0 Å². The van der Waals surface area contributed by atoms with Gasteiger partial charge in [-0.15, -0.1) is 0 Å². The number of rotatable bonds is 5. The molecule has 0 amide bonds. The van der Waals surface area contributed by atoms with Crippen molar-refractivity contribution in [1.29, 1.82) is 0 Å². The fraction of sp³-hybridized carbons (Fsp3) is 0.625. The van der Waals surface area contributed by atoms with Crippen LogP contribution < -0.4 is 4.74 Å². The van der Waals surface area contributed by atoms with Gasteiger partial charge in [-0.05, 0) is 51.6 Å². The molecular formula is C16H25NO2. The van der Waals surface area contributed by atoms with E-state index in [1.54, 1.807) is 0 Å². The molecule has 1 aliphatic carbocycles. The average Bonchev–Trinajstić information content (AvgIpc) is 2.89. The van der Waals surface area contributed by atoms with Gasteiger partial charge in [-0.1, -0.05) is 25.0 Å². The van der Waals surface area contributed by atoms with Crippen LogP contribution in [0.1, 0.15) is 44.3 Å². The van der Waals surface area contributed by atoms with E-state index in [4.69, 9.17) is 4.74 Å². The van der Waals surface area contributed by atoms with Gasteiger partial charge in [0.25, 0.3) is 0 Å². The zero-order chi connectivity index (χ0) is 13.9. The minimum atomic E-state index is -0.453. The number of ether oxygens (including phenoxy) is 1. The van der Waals surface area contributed by atoms with Gasteiger partial charge in [0, 0.05) is 0 Å². The normalized spacial score (nSPS) is 19.6. The molecule has 0 bridgehead atoms. The van der Waals surface area contributed by atoms with Crippen LogP contribution in [0, 0.1) is 0 Å². The quantitative estimate of drug-likeness (QED) is 0.886. The van der Waals surface area contributed by atoms with Crippen LogP contribution in [0.3, 0.4) is 0 Å². The van der Waals surface area contributed by atoms with Gasteiger partial charge in [-0.2, -0.15) is 0 Å². The second kappa shape index (κ2) is 5.93. The first-order chi connectivity index (χ1) is 9.10. The summed E-state index contributed by atoms with van der Waals surface area (Å²) >= 11 is 0. The molecule has 1 N–H and O–H groups in total. The predicted octanol–water partition coefficient (Wildman–Crippen LogP) is 2.99. The molecule has 0 heterocycles. The minimum absolute atomic E-state index is 0.120. The number of benzene rings is 1. The van der Waals surface area contributed by atoms with Crippen molar-refractivity contribution in [2.45, 2.75) is 44.2 Å². The van der Waals surface area contributed by atoms with Crippen LogP contribution in [0.15, 0.2) is 24.3 Å². The van der Waals surface area contributed by atoms with Crippen molar-refractivity contribution in [3.05, 3.63) is 29.8 Å². The fourth-order valence-corrected chi connectivity index (χ4v) is 3.20. The van der Waals surface area contributed by atoms with Crippen LogP contribution in [-0.2, 0) is 0 Å². The van der Waals surface area contributed by atoms with Crippen molar-refractivity contribution >= 4 is 0 Å². The highest BCUT2D eigenvalue weighted by Crippen LogP contribution is 2.43. The van der Waals surface area contributed by atoms with Crippen LogP contribution in [0.5, 0.6) is 5.75 Å². The zero-order valence-corrected chi connectivity index (χ0v) is 12.2. The van der Waals surface area contributed by atoms with Gasteiger partial charge in [-0.25, -0.2) is 0 Å². The summed E-state index contributed by atoms with van der Waals surface area (Å²) in [6.07, 6.45) is 4.05. The van der Waals surface area contributed by atoms with Crippen molar-refractivity contribution in [3.63, 3.8) is 0 Å². The molecule has 1 unspecified atom stereocenters. The molecule has 3 heteroatoms. The first-order valence-corrected chi connectivity index (χ1v) is 7.18. The van der Waals surface area contributed by atoms with Crippen molar-refractivity contribution in [2.24, 2.45) is 0 Å². The molecule has 1 saturated carbocycles. The number of hydrogen-bond acceptors (Lipinski definition) is 3. The molecule has 0 spiro atoms. The van der Waals surface area contributed by atoms with Gasteiger partial charge >= 0.3 is 0 Å². The predicted molar refractivity (Wildman–Crippen MR) is 77.5 cm³/mol. The molecule has 2 rings (SSSR count). The Morgan fingerprint density at radius 3 is 2.58 bits per heavy atom. The summed E-state index contributed by atoms with van der Waals surface area (Å²) in [6.45, 7) is 2.62. The van der Waals surface area contributed by atoms with Crippen LogP contribution in [-0.4, -0.2) is 36.2 Å². The third-order valence-corrected chi connectivity index (χ3v) is 4.35. The van der Waals surface area contributed by atoms with Crippen LogP contribution in [0.25, 0.3) is 0 Å². The lowest BCUT2D eigenvalue weighted by molar-refractivity contribution is -0.00486. The van der Waals surface area contributed by atoms with E-state index in [0.29, 0.717) is 6.61 Å². The summed E-state index contributed by atoms with van der Waals surface area (Å²) in [4.78, 5) is 2.19. The van der Waals surface area contributed by atoms with Gasteiger partial charge < -0.3 is 14.7 Å². The van der Waals surface area contributed by atoms with Gasteiger partial charge in [-0.3, -0.25) is 0 Å². The highest BCUT2D eigenvalue weighted by molar-refractivity contribution is 5.32. The average molecular weight is 263 g/mol. The van der Waals surface area contributed by atoms with E-state index in [9.17, 15) is 5.11 Å². The van der Waals surface area contributed by atoms with Gasteiger partial charge in [0.1, 0.15) is 5.75 Å². The Balaban J connectivity index is 2.26. The maximum absolute atomic E-state index is 10.8. The summed E-state index contributed by atoms with van der Waals surface area (Å²) in [5.41, 5.74) is 0.840. The molecule has 0 aliphatic heterocycles. The minimum Gasteiger partial charge on any atom is -0.494 e. The van der Waals surface area contributed by atoms with E-state index < -0.39 is 6.10 Å². The summed E-state index contributed by atoms with van der Waals surface area (Å²) in [5, 5.41) is 10.8. The largest absolute Gasteiger partial charge is 0.494 e. The van der Waals surface area contributed by atoms with E-state index in [-0.39, 0.29) is 5.54 Å². The molecule has 106 valence electrons. The molecule has 1 atom stereocenters. The lowest BCUT2D eigenvalue weighted by Crippen LogP contribution is -2.47. The van der Waals surface area contributed by atoms with Crippen molar-refractivity contribution in [3.8, 4) is 5.75 Å². The Morgan fingerprint density at radius 2 is 2.00 bits per heavy atom. The summed E-state index contributed by atoms with van der Waals surface area (Å²) in [5.74, 6) is 0.839. The standard InChI is InChI=1S/C16H25NO2/c1-4-19-14-9-7-8-13(12-14)15(18)16(17(2)3)10-5-6-11-16/h7-9,12,15,18H,4-6,10-11H2,1-3H3. The molecule has 3 nitrogen and oxygen atoms in total. The Bertz CT molecular complexity index is 411. The maximum atomic E-state index is 10.8. The smallest absolute Gasteiger partial charge is 0.119 e. The van der Waals surface area contributed by atoms with Gasteiger partial charge in [0.05, 0.1) is 18.2 Å². The molecule has 0 aromatic heterocycles. The van der Waals surface area contributed by atoms with Crippen LogP contribution in [0.2, 0.25) is 0 Å². The van der Waals surface area contributed by atoms with Gasteiger partial charge in [0.15, 0.2) is 0 Å². The second-order valence-electron chi connectivity index (χ2n) is 5.61. The summed E-state index contributed by atoms with van der Waals surface area (Å²) < 4.78 is 5.53. The fourth-order valence-electron chi connectivity index (χ4n) is 3.20. The Labute approximate surface area is 116 Å². The topological polar surface area (TPSA) is 32.7 Å². The SMILES string of the molecule is CCOc1cccc(C(O)C2(N(C)C)CCCC2)c1. The van der Waals surface area contributed by atoms with E-state index >= 15 is 0 Å². The number of likely N-dealkylation sites (N-methyl/N-ethyl adjacent to an activating group) is 1. The van der Waals surface area contributed by atoms with E-state index in [1.165, 1.54) is 12.8 Å².